The van der Waals surface area contributed by atoms with Crippen LogP contribution in [0.3, 0.4) is 0 Å². The molecule has 5 atom stereocenters. The molecule has 0 saturated heterocycles. The van der Waals surface area contributed by atoms with Gasteiger partial charge in [0.05, 0.1) is 0 Å². The number of carbonyl (C=O) groups excluding carboxylic acids is 2. The molecule has 2 saturated carbocycles. The van der Waals surface area contributed by atoms with Crippen LogP contribution in [-0.4, -0.2) is 22.3 Å². The summed E-state index contributed by atoms with van der Waals surface area (Å²) in [6.07, 6.45) is 5.48. The Bertz CT molecular complexity index is 495. The summed E-state index contributed by atoms with van der Waals surface area (Å²) in [4.78, 5) is 25.7. The van der Waals surface area contributed by atoms with E-state index in [0.29, 0.717) is 12.3 Å². The first-order valence-corrected chi connectivity index (χ1v) is 9.33. The molecule has 132 valence electrons. The number of ketones is 2. The first-order chi connectivity index (χ1) is 10.5. The quantitative estimate of drug-likeness (QED) is 0.791. The Hall–Kier alpha value is -0.700. The van der Waals surface area contributed by atoms with E-state index in [4.69, 9.17) is 0 Å². The van der Waals surface area contributed by atoms with Crippen LogP contribution < -0.4 is 0 Å². The number of Topliss-reactive ketones (excluding diaryl/α,β-unsaturated/α-hetero) is 2. The summed E-state index contributed by atoms with van der Waals surface area (Å²) in [5, 5.41) is 11.6. The molecule has 3 nitrogen and oxygen atoms in total. The van der Waals surface area contributed by atoms with Crippen molar-refractivity contribution >= 4 is 11.6 Å². The summed E-state index contributed by atoms with van der Waals surface area (Å²) in [6.45, 7) is 12.2. The normalized spacial score (nSPS) is 41.0. The molecule has 0 heterocycles. The van der Waals surface area contributed by atoms with Crippen molar-refractivity contribution in [1.29, 1.82) is 0 Å². The van der Waals surface area contributed by atoms with Crippen molar-refractivity contribution in [3.8, 4) is 0 Å². The van der Waals surface area contributed by atoms with Crippen molar-refractivity contribution in [2.75, 3.05) is 0 Å². The summed E-state index contributed by atoms with van der Waals surface area (Å²) < 4.78 is 0. The van der Waals surface area contributed by atoms with Crippen LogP contribution in [0, 0.1) is 28.6 Å². The maximum Gasteiger partial charge on any atom is 0.230 e. The minimum Gasteiger partial charge on any atom is -0.381 e. The second-order valence-electron chi connectivity index (χ2n) is 9.06. The molecule has 1 N–H and O–H groups in total. The molecule has 0 aromatic heterocycles. The first-order valence-electron chi connectivity index (χ1n) is 9.33. The largest absolute Gasteiger partial charge is 0.381 e. The smallest absolute Gasteiger partial charge is 0.230 e. The van der Waals surface area contributed by atoms with Crippen LogP contribution in [-0.2, 0) is 9.59 Å². The summed E-state index contributed by atoms with van der Waals surface area (Å²) in [6, 6.07) is 0. The summed E-state index contributed by atoms with van der Waals surface area (Å²) in [5.41, 5.74) is -1.89. The monoisotopic (exact) mass is 322 g/mol. The highest BCUT2D eigenvalue weighted by molar-refractivity contribution is 6.41. The van der Waals surface area contributed by atoms with Gasteiger partial charge in [-0.2, -0.15) is 0 Å². The minimum atomic E-state index is -1.51. The van der Waals surface area contributed by atoms with Crippen molar-refractivity contribution in [1.82, 2.24) is 0 Å². The zero-order valence-electron chi connectivity index (χ0n) is 15.7. The fourth-order valence-corrected chi connectivity index (χ4v) is 5.56. The van der Waals surface area contributed by atoms with E-state index >= 15 is 0 Å². The third kappa shape index (κ3) is 2.59. The number of carbonyl (C=O) groups is 2. The number of hydrogen-bond acceptors (Lipinski definition) is 3. The van der Waals surface area contributed by atoms with Crippen LogP contribution in [0.15, 0.2) is 0 Å². The molecule has 0 aromatic carbocycles. The lowest BCUT2D eigenvalue weighted by Crippen LogP contribution is -2.67. The van der Waals surface area contributed by atoms with Crippen molar-refractivity contribution in [3.05, 3.63) is 0 Å². The molecule has 2 aliphatic carbocycles. The second-order valence-corrected chi connectivity index (χ2v) is 9.06. The van der Waals surface area contributed by atoms with Gasteiger partial charge >= 0.3 is 0 Å². The predicted octanol–water partition coefficient (Wildman–Crippen LogP) is 4.16. The lowest BCUT2D eigenvalue weighted by molar-refractivity contribution is -0.208. The first kappa shape index (κ1) is 18.6. The van der Waals surface area contributed by atoms with E-state index in [1.54, 1.807) is 6.92 Å². The fourth-order valence-electron chi connectivity index (χ4n) is 5.56. The highest BCUT2D eigenvalue weighted by atomic mass is 16.3. The zero-order chi connectivity index (χ0) is 17.6. The molecule has 2 rings (SSSR count). The number of aliphatic hydroxyl groups is 1. The van der Waals surface area contributed by atoms with E-state index < -0.39 is 16.8 Å². The average molecular weight is 322 g/mol. The second kappa shape index (κ2) is 5.98. The molecule has 2 fully saturated rings. The fraction of sp³-hybridized carbons (Fsp3) is 0.900. The highest BCUT2D eigenvalue weighted by Crippen LogP contribution is 2.62. The van der Waals surface area contributed by atoms with Gasteiger partial charge in [0.1, 0.15) is 5.60 Å². The molecule has 0 spiro atoms. The van der Waals surface area contributed by atoms with Gasteiger partial charge in [0.25, 0.3) is 0 Å². The van der Waals surface area contributed by atoms with Crippen molar-refractivity contribution in [2.45, 2.75) is 85.7 Å². The Labute approximate surface area is 141 Å². The Morgan fingerprint density at radius 2 is 1.78 bits per heavy atom. The third-order valence-electron chi connectivity index (χ3n) is 7.33. The molecular formula is C20H34O3. The van der Waals surface area contributed by atoms with E-state index in [-0.39, 0.29) is 23.0 Å². The van der Waals surface area contributed by atoms with Gasteiger partial charge in [-0.3, -0.25) is 9.59 Å². The lowest BCUT2D eigenvalue weighted by atomic mass is 9.44. The van der Waals surface area contributed by atoms with Crippen LogP contribution >= 0.6 is 0 Å². The molecule has 0 amide bonds. The average Bonchev–Trinajstić information content (AvgIpc) is 2.49. The molecule has 23 heavy (non-hydrogen) atoms. The number of rotatable bonds is 4. The maximum absolute atomic E-state index is 13.1. The van der Waals surface area contributed by atoms with E-state index in [0.717, 1.165) is 32.1 Å². The Kier molecular flexibility index (Phi) is 4.85. The summed E-state index contributed by atoms with van der Waals surface area (Å²) in [5.74, 6) is -1.08. The van der Waals surface area contributed by atoms with Gasteiger partial charge in [-0.05, 0) is 49.4 Å². The van der Waals surface area contributed by atoms with E-state index in [2.05, 4.69) is 20.8 Å². The lowest BCUT2D eigenvalue weighted by Gasteiger charge is -2.61. The maximum atomic E-state index is 13.1. The van der Waals surface area contributed by atoms with Gasteiger partial charge in [-0.15, -0.1) is 0 Å². The molecule has 0 unspecified atom stereocenters. The Morgan fingerprint density at radius 1 is 1.17 bits per heavy atom. The molecule has 2 aliphatic rings. The van der Waals surface area contributed by atoms with Gasteiger partial charge in [0, 0.05) is 11.3 Å². The van der Waals surface area contributed by atoms with E-state index in [1.165, 1.54) is 0 Å². The summed E-state index contributed by atoms with van der Waals surface area (Å²) in [7, 11) is 0. The predicted molar refractivity (Wildman–Crippen MR) is 92.0 cm³/mol. The van der Waals surface area contributed by atoms with E-state index in [1.807, 2.05) is 13.8 Å². The van der Waals surface area contributed by atoms with Crippen molar-refractivity contribution in [3.63, 3.8) is 0 Å². The van der Waals surface area contributed by atoms with Crippen LogP contribution in [0.5, 0.6) is 0 Å². The number of fused-ring (bicyclic) bond motifs is 1. The Balaban J connectivity index is 2.48. The minimum absolute atomic E-state index is 0.112. The van der Waals surface area contributed by atoms with Crippen molar-refractivity contribution in [2.24, 2.45) is 28.6 Å². The SMILES string of the molecule is CC[C@@H](C)C(=O)C(=O)[C@]1(O)[C@@H](C)CC[C@H]2C(C)(C)CCC[C@@]21C. The third-order valence-corrected chi connectivity index (χ3v) is 7.33. The molecule has 0 radical (unpaired) electrons. The molecule has 0 aromatic rings. The topological polar surface area (TPSA) is 54.4 Å². The summed E-state index contributed by atoms with van der Waals surface area (Å²) >= 11 is 0. The molecular weight excluding hydrogens is 288 g/mol. The van der Waals surface area contributed by atoms with Gasteiger partial charge in [0.15, 0.2) is 0 Å². The Morgan fingerprint density at radius 3 is 2.35 bits per heavy atom. The van der Waals surface area contributed by atoms with Crippen LogP contribution in [0.2, 0.25) is 0 Å². The molecule has 0 aliphatic heterocycles. The molecule has 3 heteroatoms. The van der Waals surface area contributed by atoms with Gasteiger partial charge in [-0.25, -0.2) is 0 Å². The van der Waals surface area contributed by atoms with Gasteiger partial charge in [0.2, 0.25) is 11.6 Å². The highest BCUT2D eigenvalue weighted by Gasteiger charge is 2.65. The number of hydrogen-bond donors (Lipinski definition) is 1. The van der Waals surface area contributed by atoms with Crippen LogP contribution in [0.25, 0.3) is 0 Å². The van der Waals surface area contributed by atoms with Gasteiger partial charge in [-0.1, -0.05) is 48.0 Å². The van der Waals surface area contributed by atoms with Gasteiger partial charge < -0.3 is 5.11 Å². The standard InChI is InChI=1S/C20H34O3/c1-7-13(2)16(21)17(22)20(23)14(3)9-10-15-18(4,5)11-8-12-19(15,20)6/h13-15,23H,7-12H2,1-6H3/t13-,14+,15+,19+,20-/m1/s1. The molecule has 0 bridgehead atoms. The van der Waals surface area contributed by atoms with E-state index in [9.17, 15) is 14.7 Å². The zero-order valence-corrected chi connectivity index (χ0v) is 15.7. The van der Waals surface area contributed by atoms with Crippen LogP contribution in [0.4, 0.5) is 0 Å². The van der Waals surface area contributed by atoms with Crippen LogP contribution in [0.1, 0.15) is 80.1 Å². The van der Waals surface area contributed by atoms with Crippen molar-refractivity contribution < 1.29 is 14.7 Å².